The molecule has 0 aliphatic rings. The zero-order chi connectivity index (χ0) is 60.0. The van der Waals surface area contributed by atoms with Crippen LogP contribution in [0, 0.1) is 0 Å². The van der Waals surface area contributed by atoms with Crippen LogP contribution in [0.2, 0.25) is 0 Å². The van der Waals surface area contributed by atoms with Gasteiger partial charge in [-0.25, -0.2) is 29.9 Å². The van der Waals surface area contributed by atoms with Gasteiger partial charge in [-0.1, -0.05) is 194 Å². The lowest BCUT2D eigenvalue weighted by Crippen LogP contribution is -2.10. The summed E-state index contributed by atoms with van der Waals surface area (Å²) >= 11 is 0. The maximum absolute atomic E-state index is 5.43. The second-order valence-corrected chi connectivity index (χ2v) is 21.6. The van der Waals surface area contributed by atoms with E-state index in [4.69, 9.17) is 29.9 Å². The third kappa shape index (κ3) is 11.0. The first kappa shape index (κ1) is 54.3. The van der Waals surface area contributed by atoms with Crippen LogP contribution < -0.4 is 19.6 Å². The molecule has 0 atom stereocenters. The smallest absolute Gasteiger partial charge is 0.200 e. The summed E-state index contributed by atoms with van der Waals surface area (Å²) in [6, 6.07) is 117. The summed E-state index contributed by atoms with van der Waals surface area (Å²) in [4.78, 5) is 41.2. The maximum atomic E-state index is 5.43. The fraction of sp³-hybridized carbons (Fsp3) is 0. The van der Waals surface area contributed by atoms with Gasteiger partial charge in [-0.05, 0) is 146 Å². The summed E-state index contributed by atoms with van der Waals surface area (Å²) < 4.78 is 0. The summed E-state index contributed by atoms with van der Waals surface area (Å²) in [5, 5.41) is 0. The van der Waals surface area contributed by atoms with Crippen LogP contribution in [-0.2, 0) is 0 Å². The number of rotatable bonds is 16. The number of nitrogens with zero attached hydrogens (tertiary/aromatic N) is 10. The number of para-hydroxylation sites is 8. The zero-order valence-corrected chi connectivity index (χ0v) is 48.8. The Labute approximate surface area is 522 Å². The molecule has 12 aromatic carbocycles. The molecule has 426 valence electrons. The van der Waals surface area contributed by atoms with E-state index in [9.17, 15) is 0 Å². The molecule has 0 amide bonds. The predicted octanol–water partition coefficient (Wildman–Crippen LogP) is 20.9. The second-order valence-electron chi connectivity index (χ2n) is 21.6. The molecule has 0 aliphatic heterocycles. The monoisotopic (exact) mass is 1160 g/mol. The highest BCUT2D eigenvalue weighted by Crippen LogP contribution is 2.42. The van der Waals surface area contributed by atoms with Crippen molar-refractivity contribution in [3.63, 3.8) is 0 Å². The second kappa shape index (κ2) is 24.5. The van der Waals surface area contributed by atoms with Crippen molar-refractivity contribution in [3.05, 3.63) is 340 Å². The molecule has 0 aliphatic carbocycles. The Kier molecular flexibility index (Phi) is 14.8. The maximum Gasteiger partial charge on any atom is 0.200 e. The minimum atomic E-state index is 0.340. The van der Waals surface area contributed by atoms with Crippen LogP contribution in [0.5, 0.6) is 0 Å². The average Bonchev–Trinajstić information content (AvgIpc) is 1.01. The van der Waals surface area contributed by atoms with Crippen molar-refractivity contribution in [3.8, 4) is 45.0 Å². The summed E-state index contributed by atoms with van der Waals surface area (Å²) in [5.41, 5.74) is 19.7. The number of hydrogen-bond donors (Lipinski definition) is 0. The molecule has 10 nitrogen and oxygen atoms in total. The van der Waals surface area contributed by atoms with Crippen molar-refractivity contribution in [1.82, 2.24) is 29.9 Å². The summed E-state index contributed by atoms with van der Waals surface area (Å²) in [6.45, 7) is 0. The van der Waals surface area contributed by atoms with Crippen LogP contribution in [0.3, 0.4) is 0 Å². The number of fused-ring (bicyclic) bond motifs is 2. The van der Waals surface area contributed by atoms with E-state index in [0.717, 1.165) is 90.5 Å². The zero-order valence-electron chi connectivity index (χ0n) is 48.8. The van der Waals surface area contributed by atoms with E-state index < -0.39 is 0 Å². The fourth-order valence-corrected chi connectivity index (χ4v) is 11.6. The number of aromatic nitrogens is 6. The van der Waals surface area contributed by atoms with Gasteiger partial charge in [0.2, 0.25) is 22.6 Å². The van der Waals surface area contributed by atoms with Gasteiger partial charge < -0.3 is 19.6 Å². The standard InChI is InChI=1S/C80H56N10/c1-9-25-61(26-10-1)87(62-27-11-2-12-28-62)69-49-41-57(42-50-69)73-74(58-43-51-70(52-44-58)88(63-29-13-3-14-30-63)64-31-15-4-16-32-64)82-78-77(81-73)85-79-80(86-78)84-76(60-47-55-72(56-48-60)90(67-37-21-7-22-38-67)68-39-23-8-24-40-68)75(83-79)59-45-53-71(54-46-59)89(65-33-17-5-18-34-65)66-35-19-6-20-36-66/h1-56H. The first-order chi connectivity index (χ1) is 44.6. The molecule has 0 unspecified atom stereocenters. The van der Waals surface area contributed by atoms with Crippen LogP contribution in [0.15, 0.2) is 340 Å². The van der Waals surface area contributed by atoms with Crippen molar-refractivity contribution >= 4 is 90.8 Å². The highest BCUT2D eigenvalue weighted by Gasteiger charge is 2.23. The first-order valence-electron chi connectivity index (χ1n) is 29.9. The minimum absolute atomic E-state index is 0.340. The lowest BCUT2D eigenvalue weighted by molar-refractivity contribution is 1.15. The van der Waals surface area contributed by atoms with Crippen molar-refractivity contribution < 1.29 is 0 Å². The Balaban J connectivity index is 0.888. The Morgan fingerprint density at radius 3 is 0.411 bits per heavy atom. The summed E-state index contributed by atoms with van der Waals surface area (Å²) in [7, 11) is 0. The normalized spacial score (nSPS) is 11.1. The Morgan fingerprint density at radius 1 is 0.133 bits per heavy atom. The Morgan fingerprint density at radius 2 is 0.267 bits per heavy atom. The molecule has 0 saturated carbocycles. The average molecular weight is 1160 g/mol. The topological polar surface area (TPSA) is 90.3 Å². The molecule has 3 heterocycles. The predicted molar refractivity (Wildman–Crippen MR) is 369 cm³/mol. The van der Waals surface area contributed by atoms with Crippen LogP contribution >= 0.6 is 0 Å². The van der Waals surface area contributed by atoms with Gasteiger partial charge in [0.25, 0.3) is 0 Å². The first-order valence-corrected chi connectivity index (χ1v) is 29.9. The molecule has 15 rings (SSSR count). The van der Waals surface area contributed by atoms with Crippen molar-refractivity contribution in [1.29, 1.82) is 0 Å². The quantitative estimate of drug-likeness (QED) is 0.0872. The van der Waals surface area contributed by atoms with E-state index in [1.807, 2.05) is 48.5 Å². The number of benzene rings is 12. The van der Waals surface area contributed by atoms with Gasteiger partial charge in [0, 0.05) is 90.5 Å². The molecule has 0 spiro atoms. The molecule has 90 heavy (non-hydrogen) atoms. The SMILES string of the molecule is c1ccc(N(c2ccccc2)c2ccc(-c3nc4nc5nc(-c6ccc(N(c7ccccc7)c7ccccc7)cc6)c(-c6ccc(N(c7ccccc7)c7ccccc7)cc6)nc5nc4nc3-c3ccc(N(c4ccccc4)c4ccccc4)cc3)cc2)cc1. The van der Waals surface area contributed by atoms with E-state index >= 15 is 0 Å². The third-order valence-corrected chi connectivity index (χ3v) is 15.9. The van der Waals surface area contributed by atoms with Gasteiger partial charge in [-0.2, -0.15) is 0 Å². The van der Waals surface area contributed by atoms with Crippen molar-refractivity contribution in [2.75, 3.05) is 19.6 Å². The van der Waals surface area contributed by atoms with Gasteiger partial charge in [-0.3, -0.25) is 0 Å². The molecule has 0 saturated heterocycles. The number of hydrogen-bond acceptors (Lipinski definition) is 10. The van der Waals surface area contributed by atoms with Gasteiger partial charge in [-0.15, -0.1) is 0 Å². The van der Waals surface area contributed by atoms with E-state index in [2.05, 4.69) is 311 Å². The lowest BCUT2D eigenvalue weighted by Gasteiger charge is -2.26. The highest BCUT2D eigenvalue weighted by atomic mass is 15.2. The molecule has 3 aromatic heterocycles. The fourth-order valence-electron chi connectivity index (χ4n) is 11.6. The van der Waals surface area contributed by atoms with Crippen molar-refractivity contribution in [2.24, 2.45) is 0 Å². The molecule has 0 bridgehead atoms. The lowest BCUT2D eigenvalue weighted by atomic mass is 10.0. The summed E-state index contributed by atoms with van der Waals surface area (Å²) in [5.74, 6) is 0. The third-order valence-electron chi connectivity index (χ3n) is 15.9. The van der Waals surface area contributed by atoms with E-state index in [1.54, 1.807) is 0 Å². The van der Waals surface area contributed by atoms with Crippen molar-refractivity contribution in [2.45, 2.75) is 0 Å². The molecular formula is C80H56N10. The van der Waals surface area contributed by atoms with Gasteiger partial charge in [0.05, 0.1) is 22.8 Å². The van der Waals surface area contributed by atoms with E-state index in [-0.39, 0.29) is 0 Å². The minimum Gasteiger partial charge on any atom is -0.311 e. The Hall–Kier alpha value is -12.4. The number of anilines is 12. The molecule has 10 heteroatoms. The van der Waals surface area contributed by atoms with E-state index in [1.165, 1.54) is 0 Å². The van der Waals surface area contributed by atoms with Crippen LogP contribution in [-0.4, -0.2) is 29.9 Å². The molecule has 0 radical (unpaired) electrons. The molecule has 0 N–H and O–H groups in total. The largest absolute Gasteiger partial charge is 0.311 e. The van der Waals surface area contributed by atoms with Gasteiger partial charge in [0.1, 0.15) is 0 Å². The Bertz CT molecular complexity index is 4100. The van der Waals surface area contributed by atoms with Crippen LogP contribution in [0.1, 0.15) is 0 Å². The highest BCUT2D eigenvalue weighted by molar-refractivity contribution is 5.91. The molecular weight excluding hydrogens is 1100 g/mol. The summed E-state index contributed by atoms with van der Waals surface area (Å²) in [6.07, 6.45) is 0. The van der Waals surface area contributed by atoms with Gasteiger partial charge in [0.15, 0.2) is 0 Å². The van der Waals surface area contributed by atoms with Crippen LogP contribution in [0.4, 0.5) is 68.2 Å². The molecule has 15 aromatic rings. The van der Waals surface area contributed by atoms with E-state index in [0.29, 0.717) is 45.4 Å². The van der Waals surface area contributed by atoms with Gasteiger partial charge >= 0.3 is 0 Å². The molecule has 0 fully saturated rings. The van der Waals surface area contributed by atoms with Crippen LogP contribution in [0.25, 0.3) is 67.6 Å².